The number of aromatic nitrogens is 2. The molecule has 1 aromatic carbocycles. The summed E-state index contributed by atoms with van der Waals surface area (Å²) in [6, 6.07) is 2.64. The Morgan fingerprint density at radius 3 is 2.40 bits per heavy atom. The smallest absolute Gasteiger partial charge is 0.427 e. The van der Waals surface area contributed by atoms with E-state index in [9.17, 15) is 40.0 Å². The van der Waals surface area contributed by atoms with Crippen LogP contribution in [0.25, 0.3) is 0 Å². The van der Waals surface area contributed by atoms with Crippen molar-refractivity contribution in [1.29, 1.82) is 0 Å². The lowest BCUT2D eigenvalue weighted by molar-refractivity contribution is -0.242. The van der Waals surface area contributed by atoms with Crippen LogP contribution < -0.4 is 19.7 Å². The number of fused-ring (bicyclic) bond motifs is 1. The van der Waals surface area contributed by atoms with Crippen molar-refractivity contribution >= 4 is 33.4 Å². The molecule has 17 heteroatoms. The highest BCUT2D eigenvalue weighted by Gasteiger charge is 2.51. The second kappa shape index (κ2) is 10.9. The Morgan fingerprint density at radius 2 is 1.86 bits per heavy atom. The summed E-state index contributed by atoms with van der Waals surface area (Å²) in [6.07, 6.45) is -5.84. The zero-order valence-electron chi connectivity index (χ0n) is 23.2. The predicted octanol–water partition coefficient (Wildman–Crippen LogP) is 4.59. The summed E-state index contributed by atoms with van der Waals surface area (Å²) >= 11 is 0. The van der Waals surface area contributed by atoms with Crippen molar-refractivity contribution in [1.82, 2.24) is 15.1 Å². The zero-order chi connectivity index (χ0) is 31.4. The number of alkyl halides is 5. The second-order valence-electron chi connectivity index (χ2n) is 10.8. The minimum absolute atomic E-state index is 0.0100. The van der Waals surface area contributed by atoms with Gasteiger partial charge in [0.1, 0.15) is 16.7 Å². The van der Waals surface area contributed by atoms with Gasteiger partial charge in [-0.2, -0.15) is 27.1 Å². The number of ether oxygens (including phenoxy) is 2. The molecule has 42 heavy (non-hydrogen) atoms. The maximum Gasteiger partial charge on any atom is 0.427 e. The van der Waals surface area contributed by atoms with Gasteiger partial charge in [0.2, 0.25) is 11.5 Å². The standard InChI is InChI=1S/C25H30F5N5O6S/c1-12-8-16(12)21(36)31-10-19-14(3)35(42(38,39)20-11-34(22(26)27)33-13(20)2)17-9-15(6-7-18(17)40-19)32-23(37)41-24(4,5)25(28,29)30/h6-7,9,11-12,14,16,19,22H,8,10H2,1-5H3,(H,31,36)(H,32,37)/t12-,14+,16-,19-/m0/s1. The molecular weight excluding hydrogens is 593 g/mol. The van der Waals surface area contributed by atoms with E-state index in [1.807, 2.05) is 6.92 Å². The van der Waals surface area contributed by atoms with Gasteiger partial charge in [-0.1, -0.05) is 6.92 Å². The molecule has 1 aromatic heterocycles. The van der Waals surface area contributed by atoms with Crippen LogP contribution in [0.1, 0.15) is 46.4 Å². The van der Waals surface area contributed by atoms with Gasteiger partial charge in [0, 0.05) is 11.6 Å². The number of carbonyl (C=O) groups is 2. The second-order valence-corrected chi connectivity index (χ2v) is 12.6. The number of amides is 2. The Bertz CT molecular complexity index is 1480. The average molecular weight is 624 g/mol. The number of carbonyl (C=O) groups excluding carboxylic acids is 2. The number of sulfonamides is 1. The van der Waals surface area contributed by atoms with Crippen LogP contribution in [0, 0.1) is 18.8 Å². The molecule has 2 N–H and O–H groups in total. The average Bonchev–Trinajstić information content (AvgIpc) is 3.45. The van der Waals surface area contributed by atoms with Crippen LogP contribution in [0.5, 0.6) is 5.75 Å². The van der Waals surface area contributed by atoms with Crippen molar-refractivity contribution in [2.75, 3.05) is 16.2 Å². The fraction of sp³-hybridized carbons (Fsp3) is 0.560. The molecule has 1 aliphatic heterocycles. The van der Waals surface area contributed by atoms with Crippen LogP contribution in [-0.2, 0) is 19.6 Å². The van der Waals surface area contributed by atoms with E-state index in [1.165, 1.54) is 26.0 Å². The topological polar surface area (TPSA) is 132 Å². The van der Waals surface area contributed by atoms with E-state index in [0.29, 0.717) is 20.0 Å². The summed E-state index contributed by atoms with van der Waals surface area (Å²) in [7, 11) is -4.61. The highest BCUT2D eigenvalue weighted by molar-refractivity contribution is 7.93. The Hall–Kier alpha value is -3.63. The van der Waals surface area contributed by atoms with E-state index in [2.05, 4.69) is 20.5 Å². The molecule has 2 aliphatic rings. The summed E-state index contributed by atoms with van der Waals surface area (Å²) in [4.78, 5) is 24.2. The lowest BCUT2D eigenvalue weighted by Gasteiger charge is -2.41. The maximum atomic E-state index is 13.9. The molecule has 0 spiro atoms. The molecule has 2 aromatic rings. The molecule has 232 valence electrons. The van der Waals surface area contributed by atoms with Gasteiger partial charge in [0.25, 0.3) is 10.0 Å². The highest BCUT2D eigenvalue weighted by Crippen LogP contribution is 2.43. The zero-order valence-corrected chi connectivity index (χ0v) is 24.0. The van der Waals surface area contributed by atoms with Gasteiger partial charge in [0.05, 0.1) is 30.2 Å². The first-order valence-corrected chi connectivity index (χ1v) is 14.3. The van der Waals surface area contributed by atoms with Crippen LogP contribution in [0.2, 0.25) is 0 Å². The van der Waals surface area contributed by atoms with E-state index in [1.54, 1.807) is 0 Å². The summed E-state index contributed by atoms with van der Waals surface area (Å²) in [5, 5.41) is 8.48. The number of nitrogens with zero attached hydrogens (tertiary/aromatic N) is 3. The van der Waals surface area contributed by atoms with Gasteiger partial charge < -0.3 is 14.8 Å². The number of anilines is 2. The fourth-order valence-electron chi connectivity index (χ4n) is 4.44. The number of aryl methyl sites for hydroxylation is 1. The molecule has 0 unspecified atom stereocenters. The Morgan fingerprint density at radius 1 is 1.21 bits per heavy atom. The van der Waals surface area contributed by atoms with Crippen molar-refractivity contribution < 1.29 is 49.4 Å². The van der Waals surface area contributed by atoms with Gasteiger partial charge in [-0.25, -0.2) is 17.9 Å². The van der Waals surface area contributed by atoms with E-state index in [0.717, 1.165) is 16.8 Å². The van der Waals surface area contributed by atoms with E-state index < -0.39 is 51.5 Å². The maximum absolute atomic E-state index is 13.9. The fourth-order valence-corrected chi connectivity index (χ4v) is 6.28. The summed E-state index contributed by atoms with van der Waals surface area (Å²) < 4.78 is 106. The largest absolute Gasteiger partial charge is 0.484 e. The Kier molecular flexibility index (Phi) is 8.12. The van der Waals surface area contributed by atoms with Gasteiger partial charge in [-0.15, -0.1) is 0 Å². The van der Waals surface area contributed by atoms with Crippen LogP contribution in [-0.4, -0.2) is 60.7 Å². The normalized spacial score (nSPS) is 22.3. The number of hydrogen-bond donors (Lipinski definition) is 2. The number of hydrogen-bond acceptors (Lipinski definition) is 7. The van der Waals surface area contributed by atoms with Crippen molar-refractivity contribution in [2.45, 2.75) is 76.4 Å². The molecule has 4 rings (SSSR count). The summed E-state index contributed by atoms with van der Waals surface area (Å²) in [6.45, 7) is 2.76. The van der Waals surface area contributed by atoms with Crippen LogP contribution in [0.4, 0.5) is 38.1 Å². The lowest BCUT2D eigenvalue weighted by Crippen LogP contribution is -2.54. The Labute approximate surface area is 238 Å². The third-order valence-corrected chi connectivity index (χ3v) is 9.20. The molecule has 4 atom stereocenters. The van der Waals surface area contributed by atoms with Gasteiger partial charge in [-0.05, 0) is 58.2 Å². The number of halogens is 5. The van der Waals surface area contributed by atoms with Gasteiger partial charge >= 0.3 is 18.8 Å². The third-order valence-electron chi connectivity index (χ3n) is 7.19. The minimum atomic E-state index is -4.86. The SMILES string of the molecule is Cc1nn(C(F)F)cc1S(=O)(=O)N1c2cc(NC(=O)OC(C)(C)C(F)(F)F)ccc2O[C@@H](CNC(=O)[C@H]2C[C@@H]2C)[C@H]1C. The minimum Gasteiger partial charge on any atom is -0.484 e. The first-order valence-electron chi connectivity index (χ1n) is 12.9. The number of benzene rings is 1. The highest BCUT2D eigenvalue weighted by atomic mass is 32.2. The molecule has 0 radical (unpaired) electrons. The van der Waals surface area contributed by atoms with Crippen LogP contribution >= 0.6 is 0 Å². The molecule has 1 aliphatic carbocycles. The number of rotatable bonds is 8. The van der Waals surface area contributed by atoms with Crippen LogP contribution in [0.15, 0.2) is 29.3 Å². The molecular formula is C25H30F5N5O6S. The molecule has 2 amide bonds. The van der Waals surface area contributed by atoms with E-state index >= 15 is 0 Å². The van der Waals surface area contributed by atoms with Crippen LogP contribution in [0.3, 0.4) is 0 Å². The molecule has 1 fully saturated rings. The molecule has 1 saturated carbocycles. The van der Waals surface area contributed by atoms with E-state index in [4.69, 9.17) is 4.74 Å². The van der Waals surface area contributed by atoms with Gasteiger partial charge in [0.15, 0.2) is 0 Å². The van der Waals surface area contributed by atoms with Crippen molar-refractivity contribution in [3.63, 3.8) is 0 Å². The summed E-state index contributed by atoms with van der Waals surface area (Å²) in [5.41, 5.74) is -3.31. The molecule has 11 nitrogen and oxygen atoms in total. The molecule has 2 heterocycles. The predicted molar refractivity (Wildman–Crippen MR) is 139 cm³/mol. The number of nitrogens with one attached hydrogen (secondary N) is 2. The first-order chi connectivity index (χ1) is 19.3. The quantitative estimate of drug-likeness (QED) is 0.411. The summed E-state index contributed by atoms with van der Waals surface area (Å²) in [5.74, 6) is -0.160. The third kappa shape index (κ3) is 6.10. The van der Waals surface area contributed by atoms with Gasteiger partial charge in [-0.3, -0.25) is 14.4 Å². The monoisotopic (exact) mass is 623 g/mol. The van der Waals surface area contributed by atoms with Crippen molar-refractivity contribution in [3.8, 4) is 5.75 Å². The molecule has 0 saturated heterocycles. The lowest BCUT2D eigenvalue weighted by atomic mass is 10.1. The van der Waals surface area contributed by atoms with Crippen molar-refractivity contribution in [2.24, 2.45) is 11.8 Å². The Balaban J connectivity index is 1.69. The van der Waals surface area contributed by atoms with Crippen molar-refractivity contribution in [3.05, 3.63) is 30.1 Å². The van der Waals surface area contributed by atoms with E-state index in [-0.39, 0.29) is 51.8 Å². The first kappa shape index (κ1) is 31.3. The molecule has 0 bridgehead atoms.